The fourth-order valence-corrected chi connectivity index (χ4v) is 23.3. The van der Waals surface area contributed by atoms with E-state index in [4.69, 9.17) is 9.97 Å². The van der Waals surface area contributed by atoms with Crippen molar-refractivity contribution in [1.82, 2.24) is 28.2 Å². The fourth-order valence-electron chi connectivity index (χ4n) is 23.3. The Labute approximate surface area is 803 Å². The van der Waals surface area contributed by atoms with Crippen LogP contribution in [-0.4, -0.2) is 28.2 Å². The molecule has 0 saturated heterocycles. The number of rotatable bonds is 12. The zero-order valence-corrected chi connectivity index (χ0v) is 76.9. The molecule has 3 aliphatic carbocycles. The number of hydrogen-bond acceptors (Lipinski definition) is 2. The minimum absolute atomic E-state index is 1.02. The molecule has 0 radical (unpaired) electrons. The maximum atomic E-state index is 5.16. The summed E-state index contributed by atoms with van der Waals surface area (Å²) < 4.78 is 10.0. The van der Waals surface area contributed by atoms with E-state index in [1.807, 2.05) is 6.20 Å². The van der Waals surface area contributed by atoms with Gasteiger partial charge in [0.05, 0.1) is 50.9 Å². The van der Waals surface area contributed by atoms with Crippen LogP contribution in [0.3, 0.4) is 0 Å². The van der Waals surface area contributed by atoms with Gasteiger partial charge in [-0.1, -0.05) is 322 Å². The molecule has 28 rings (SSSR count). The second-order valence-corrected chi connectivity index (χ2v) is 37.7. The molecular weight excluding hydrogens is 1670 g/mol. The van der Waals surface area contributed by atoms with E-state index in [0.717, 1.165) is 61.2 Å². The van der Waals surface area contributed by atoms with Crippen molar-refractivity contribution in [3.63, 3.8) is 0 Å². The molecule has 138 heavy (non-hydrogen) atoms. The van der Waals surface area contributed by atoms with Crippen molar-refractivity contribution in [3.8, 4) is 112 Å². The van der Waals surface area contributed by atoms with Crippen molar-refractivity contribution in [2.45, 2.75) is 77.0 Å². The van der Waals surface area contributed by atoms with Gasteiger partial charge in [-0.2, -0.15) is 0 Å². The molecule has 0 saturated carbocycles. The fraction of sp³-hybridized carbons (Fsp3) is 0.0909. The zero-order valence-electron chi connectivity index (χ0n) is 76.9. The first-order chi connectivity index (χ1) is 68.4. The van der Waals surface area contributed by atoms with Crippen LogP contribution in [0.5, 0.6) is 0 Å². The van der Waals surface area contributed by atoms with E-state index >= 15 is 0 Å². The van der Waals surface area contributed by atoms with E-state index in [2.05, 4.69) is 461 Å². The smallest absolute Gasteiger partial charge is 0.0781 e. The van der Waals surface area contributed by atoms with E-state index in [0.29, 0.717) is 0 Å². The second-order valence-electron chi connectivity index (χ2n) is 37.7. The van der Waals surface area contributed by atoms with Gasteiger partial charge in [-0.05, 0) is 319 Å². The van der Waals surface area contributed by atoms with Crippen LogP contribution in [0.1, 0.15) is 72.3 Å². The number of benzene rings is 19. The van der Waals surface area contributed by atoms with Crippen LogP contribution in [0.25, 0.3) is 220 Å². The Balaban J connectivity index is 0.000000108. The van der Waals surface area contributed by atoms with Gasteiger partial charge in [0.1, 0.15) is 0 Å². The van der Waals surface area contributed by atoms with Crippen molar-refractivity contribution >= 4 is 108 Å². The minimum Gasteiger partial charge on any atom is -0.313 e. The van der Waals surface area contributed by atoms with Crippen molar-refractivity contribution < 1.29 is 0 Å². The van der Waals surface area contributed by atoms with Gasteiger partial charge in [0.25, 0.3) is 0 Å². The molecule has 0 fully saturated rings. The average molecular weight is 1770 g/mol. The molecule has 0 aliphatic heterocycles. The maximum absolute atomic E-state index is 5.16. The number of pyridine rings is 2. The highest BCUT2D eigenvalue weighted by Gasteiger charge is 2.28. The average Bonchev–Trinajstić information content (AvgIpc) is 1.40. The lowest BCUT2D eigenvalue weighted by molar-refractivity contribution is 0.667. The Morgan fingerprint density at radius 3 is 1.26 bits per heavy atom. The third-order valence-corrected chi connectivity index (χ3v) is 29.7. The molecule has 0 atom stereocenters. The van der Waals surface area contributed by atoms with Crippen LogP contribution in [0.15, 0.2) is 449 Å². The van der Waals surface area contributed by atoms with E-state index in [-0.39, 0.29) is 0 Å². The summed E-state index contributed by atoms with van der Waals surface area (Å²) >= 11 is 0. The summed E-state index contributed by atoms with van der Waals surface area (Å²) in [6.45, 7) is 0. The van der Waals surface area contributed by atoms with Crippen molar-refractivity contribution in [1.29, 1.82) is 0 Å². The molecule has 25 aromatic rings. The lowest BCUT2D eigenvalue weighted by atomic mass is 9.93. The molecule has 6 heterocycles. The van der Waals surface area contributed by atoms with Crippen molar-refractivity contribution in [2.75, 3.05) is 0 Å². The third kappa shape index (κ3) is 14.6. The van der Waals surface area contributed by atoms with Crippen molar-refractivity contribution in [2.24, 2.45) is 0 Å². The summed E-state index contributed by atoms with van der Waals surface area (Å²) in [6, 6.07) is 160. The Morgan fingerprint density at radius 2 is 0.587 bits per heavy atom. The second kappa shape index (κ2) is 34.9. The highest BCUT2D eigenvalue weighted by atomic mass is 15.0. The molecule has 6 aromatic heterocycles. The molecule has 6 heteroatoms. The van der Waals surface area contributed by atoms with Crippen LogP contribution in [-0.2, 0) is 38.5 Å². The number of para-hydroxylation sites is 2. The van der Waals surface area contributed by atoms with Gasteiger partial charge in [-0.25, -0.2) is 0 Å². The Kier molecular flexibility index (Phi) is 20.7. The Hall–Kier alpha value is -16.8. The Bertz CT molecular complexity index is 9020. The largest absolute Gasteiger partial charge is 0.313 e. The summed E-state index contributed by atoms with van der Waals surface area (Å²) in [4.78, 5) is 10.1. The standard InChI is InChI=1S/C52H38N2.C41H30N2.C39H30N2/c1-3-14-35(15-4-1)40-30-41(36-16-5-2-6-17-36)32-42(31-40)53-49-23-11-9-21-44(49)46-33-38(26-28-51(46)53)39-27-29-52-47(34-39)45-22-10-12-24-50(45)54(52)48-25-13-19-37-18-7-8-20-43(37)48;1-3-16-31-27(11-1)13-10-21-32(31)28-14-9-15-30(23-28)43-40-22-8-7-20-36(40)38-25-39(42-26-41(38)43)37-24-29-12-2-4-17-33(29)34-18-5-6-19-35(34)37;1-2-11-27(12-3-1)29-14-10-15-30(23-29)31-24-32(39-34-16-5-4-13-28(34)21-22-40-39)26-33(25-31)41-37-19-8-6-17-35(37)36-18-7-9-20-38(36)41/h1-9,11,13-21,23,25-34H,10,12,22,24H2;1-6,9-19,21,23-26H,7-8,20,22H2;1-6,8,10-17,19,21-26H,7,9,18,20H2. The highest BCUT2D eigenvalue weighted by molar-refractivity contribution is 6.15. The number of aromatic nitrogens is 6. The quantitative estimate of drug-likeness (QED) is 0.114. The van der Waals surface area contributed by atoms with E-state index in [1.54, 1.807) is 0 Å². The topological polar surface area (TPSA) is 45.5 Å². The number of aryl methyl sites for hydroxylation is 3. The first-order valence-electron chi connectivity index (χ1n) is 49.2. The maximum Gasteiger partial charge on any atom is 0.0781 e. The van der Waals surface area contributed by atoms with Crippen molar-refractivity contribution in [3.05, 3.63) is 483 Å². The van der Waals surface area contributed by atoms with Crippen LogP contribution in [0.4, 0.5) is 0 Å². The zero-order chi connectivity index (χ0) is 91.1. The lowest BCUT2D eigenvalue weighted by Crippen LogP contribution is -2.07. The molecule has 656 valence electrons. The van der Waals surface area contributed by atoms with Crippen LogP contribution in [0, 0.1) is 0 Å². The summed E-state index contributed by atoms with van der Waals surface area (Å²) in [5.41, 5.74) is 39.2. The van der Waals surface area contributed by atoms with Gasteiger partial charge in [0.2, 0.25) is 0 Å². The molecule has 6 nitrogen and oxygen atoms in total. The van der Waals surface area contributed by atoms with Crippen LogP contribution in [0.2, 0.25) is 0 Å². The molecule has 0 spiro atoms. The van der Waals surface area contributed by atoms with Gasteiger partial charge in [-0.3, -0.25) is 9.97 Å². The number of fused-ring (bicyclic) bond motifs is 18. The third-order valence-electron chi connectivity index (χ3n) is 29.7. The highest BCUT2D eigenvalue weighted by Crippen LogP contribution is 2.47. The predicted molar refractivity (Wildman–Crippen MR) is 581 cm³/mol. The number of nitrogens with zero attached hydrogens (tertiary/aromatic N) is 6. The van der Waals surface area contributed by atoms with E-state index < -0.39 is 0 Å². The summed E-state index contributed by atoms with van der Waals surface area (Å²) in [7, 11) is 0. The van der Waals surface area contributed by atoms with Gasteiger partial charge in [0.15, 0.2) is 0 Å². The number of hydrogen-bond donors (Lipinski definition) is 0. The van der Waals surface area contributed by atoms with Crippen LogP contribution >= 0.6 is 0 Å². The molecular formula is C132H98N6. The first-order valence-corrected chi connectivity index (χ1v) is 49.2. The summed E-state index contributed by atoms with van der Waals surface area (Å²) in [5.74, 6) is 0. The Morgan fingerprint density at radius 1 is 0.181 bits per heavy atom. The molecule has 0 bridgehead atoms. The molecule has 19 aromatic carbocycles. The molecule has 0 N–H and O–H groups in total. The molecule has 0 amide bonds. The van der Waals surface area contributed by atoms with Gasteiger partial charge in [0, 0.05) is 89.2 Å². The monoisotopic (exact) mass is 1770 g/mol. The SMILES string of the molecule is c1cc(-c2cccc3ccccc23)cc(-n2c3c(c4cc(-c5cc6ccccc6c6ccccc56)ncc42)CCCC3)c1.c1ccc(-c2cc(-c3ccccc3)cc(-n3c4ccccc4c4cc(-c5ccc6c(c5)c5c(n6-c6cccc7ccccc67)CCCC5)ccc43)c2)cc1.c1ccc(-c2cccc(-c3cc(-c4nccc5ccccc45)cc(-n4c5c(c6ccccc64)CCCC5)c3)c2)cc1. The minimum atomic E-state index is 1.02. The molecule has 3 aliphatic rings. The van der Waals surface area contributed by atoms with Gasteiger partial charge in [-0.15, -0.1) is 0 Å². The van der Waals surface area contributed by atoms with Gasteiger partial charge >= 0.3 is 0 Å². The first kappa shape index (κ1) is 81.9. The summed E-state index contributed by atoms with van der Waals surface area (Å²) in [5, 5.41) is 19.3. The predicted octanol–water partition coefficient (Wildman–Crippen LogP) is 34.5. The van der Waals surface area contributed by atoms with Gasteiger partial charge < -0.3 is 18.3 Å². The summed E-state index contributed by atoms with van der Waals surface area (Å²) in [6.07, 6.45) is 18.2. The van der Waals surface area contributed by atoms with E-state index in [1.165, 1.54) is 270 Å². The van der Waals surface area contributed by atoms with E-state index in [9.17, 15) is 0 Å². The van der Waals surface area contributed by atoms with Crippen LogP contribution < -0.4 is 0 Å². The normalized spacial score (nSPS) is 13.0. The lowest BCUT2D eigenvalue weighted by Gasteiger charge is -2.18. The molecule has 0 unspecified atom stereocenters.